The third-order valence-corrected chi connectivity index (χ3v) is 4.64. The van der Waals surface area contributed by atoms with Crippen molar-refractivity contribution in [1.82, 2.24) is 9.78 Å². The first-order chi connectivity index (χ1) is 6.43. The Balaban J connectivity index is 2.38. The molecule has 14 heavy (non-hydrogen) atoms. The van der Waals surface area contributed by atoms with E-state index in [1.807, 2.05) is 11.6 Å². The van der Waals surface area contributed by atoms with Crippen molar-refractivity contribution in [3.05, 3.63) is 9.26 Å². The monoisotopic (exact) mass is 305 g/mol. The normalized spacial score (nSPS) is 24.7. The number of halogens is 1. The molecule has 0 saturated heterocycles. The molecular formula is C10H16IN3. The Hall–Kier alpha value is -0.260. The zero-order chi connectivity index (χ0) is 10.5. The zero-order valence-corrected chi connectivity index (χ0v) is 11.0. The van der Waals surface area contributed by atoms with Crippen LogP contribution in [-0.4, -0.2) is 9.78 Å². The molecule has 0 amide bonds. The van der Waals surface area contributed by atoms with E-state index in [9.17, 15) is 0 Å². The molecule has 1 aliphatic carbocycles. The van der Waals surface area contributed by atoms with E-state index < -0.39 is 0 Å². The molecule has 1 heterocycles. The average Bonchev–Trinajstić information content (AvgIpc) is 2.33. The first-order valence-electron chi connectivity index (χ1n) is 4.93. The van der Waals surface area contributed by atoms with Gasteiger partial charge in [-0.3, -0.25) is 0 Å². The van der Waals surface area contributed by atoms with Gasteiger partial charge in [0.25, 0.3) is 0 Å². The van der Waals surface area contributed by atoms with Gasteiger partial charge >= 0.3 is 0 Å². The van der Waals surface area contributed by atoms with Crippen LogP contribution >= 0.6 is 22.6 Å². The molecule has 1 saturated carbocycles. The van der Waals surface area contributed by atoms with Crippen LogP contribution in [0.4, 0.5) is 5.82 Å². The minimum absolute atomic E-state index is 0.357. The molecule has 1 fully saturated rings. The molecule has 3 nitrogen and oxygen atoms in total. The van der Waals surface area contributed by atoms with Crippen LogP contribution in [0.15, 0.2) is 0 Å². The van der Waals surface area contributed by atoms with Crippen LogP contribution in [0.25, 0.3) is 0 Å². The van der Waals surface area contributed by atoms with E-state index >= 15 is 0 Å². The van der Waals surface area contributed by atoms with Crippen molar-refractivity contribution in [1.29, 1.82) is 0 Å². The number of hydrogen-bond donors (Lipinski definition) is 1. The van der Waals surface area contributed by atoms with Crippen LogP contribution in [-0.2, 0) is 0 Å². The summed E-state index contributed by atoms with van der Waals surface area (Å²) in [7, 11) is 0. The zero-order valence-electron chi connectivity index (χ0n) is 8.84. The Morgan fingerprint density at radius 3 is 2.50 bits per heavy atom. The molecule has 78 valence electrons. The number of nitrogens with zero attached hydrogens (tertiary/aromatic N) is 2. The first-order valence-corrected chi connectivity index (χ1v) is 6.01. The minimum Gasteiger partial charge on any atom is -0.383 e. The summed E-state index contributed by atoms with van der Waals surface area (Å²) in [5.41, 5.74) is 7.43. The second kappa shape index (κ2) is 3.12. The number of aryl methyl sites for hydroxylation is 1. The van der Waals surface area contributed by atoms with Gasteiger partial charge in [0, 0.05) is 0 Å². The average molecular weight is 305 g/mol. The van der Waals surface area contributed by atoms with Crippen LogP contribution in [0, 0.1) is 15.9 Å². The van der Waals surface area contributed by atoms with E-state index in [0.29, 0.717) is 11.5 Å². The van der Waals surface area contributed by atoms with Gasteiger partial charge in [-0.15, -0.1) is 0 Å². The highest BCUT2D eigenvalue weighted by molar-refractivity contribution is 14.1. The van der Waals surface area contributed by atoms with Gasteiger partial charge in [0.05, 0.1) is 15.3 Å². The van der Waals surface area contributed by atoms with Crippen molar-refractivity contribution in [2.75, 3.05) is 5.73 Å². The molecule has 1 aromatic heterocycles. The van der Waals surface area contributed by atoms with Crippen molar-refractivity contribution in [2.45, 2.75) is 39.7 Å². The van der Waals surface area contributed by atoms with Crippen LogP contribution in [0.5, 0.6) is 0 Å². The second-order valence-electron chi connectivity index (χ2n) is 4.77. The Labute approximate surface area is 98.2 Å². The fraction of sp³-hybridized carbons (Fsp3) is 0.700. The first kappa shape index (κ1) is 10.3. The number of nitrogens with two attached hydrogens (primary N) is 1. The van der Waals surface area contributed by atoms with Crippen molar-refractivity contribution in [3.8, 4) is 0 Å². The Morgan fingerprint density at radius 2 is 2.21 bits per heavy atom. The lowest BCUT2D eigenvalue weighted by molar-refractivity contribution is 0.0732. The summed E-state index contributed by atoms with van der Waals surface area (Å²) in [6.07, 6.45) is 2.47. The second-order valence-corrected chi connectivity index (χ2v) is 5.85. The van der Waals surface area contributed by atoms with Crippen LogP contribution in [0.2, 0.25) is 0 Å². The van der Waals surface area contributed by atoms with Crippen molar-refractivity contribution < 1.29 is 0 Å². The summed E-state index contributed by atoms with van der Waals surface area (Å²) >= 11 is 2.27. The summed E-state index contributed by atoms with van der Waals surface area (Å²) < 4.78 is 3.12. The van der Waals surface area contributed by atoms with Gasteiger partial charge < -0.3 is 5.73 Å². The van der Waals surface area contributed by atoms with Gasteiger partial charge in [0.2, 0.25) is 0 Å². The van der Waals surface area contributed by atoms with E-state index in [4.69, 9.17) is 5.73 Å². The van der Waals surface area contributed by atoms with Crippen LogP contribution < -0.4 is 5.73 Å². The maximum atomic E-state index is 6.03. The molecule has 0 spiro atoms. The van der Waals surface area contributed by atoms with Crippen LogP contribution in [0.3, 0.4) is 0 Å². The number of anilines is 1. The summed E-state index contributed by atoms with van der Waals surface area (Å²) in [5.74, 6) is 0.834. The topological polar surface area (TPSA) is 43.8 Å². The molecule has 0 aromatic carbocycles. The minimum atomic E-state index is 0.357. The molecule has 1 atom stereocenters. The Bertz CT molecular complexity index is 368. The SMILES string of the molecule is Cc1nn(C2CCC2(C)C)c(N)c1I. The summed E-state index contributed by atoms with van der Waals surface area (Å²) in [4.78, 5) is 0. The van der Waals surface area contributed by atoms with Crippen molar-refractivity contribution in [3.63, 3.8) is 0 Å². The Morgan fingerprint density at radius 1 is 1.57 bits per heavy atom. The predicted octanol–water partition coefficient (Wildman–Crippen LogP) is 2.74. The third kappa shape index (κ3) is 1.34. The van der Waals surface area contributed by atoms with E-state index in [0.717, 1.165) is 15.1 Å². The molecule has 0 aliphatic heterocycles. The van der Waals surface area contributed by atoms with E-state index in [1.165, 1.54) is 12.8 Å². The molecular weight excluding hydrogens is 289 g/mol. The molecule has 4 heteroatoms. The lowest BCUT2D eigenvalue weighted by Crippen LogP contribution is -2.37. The fourth-order valence-corrected chi connectivity index (χ4v) is 2.44. The number of nitrogen functional groups attached to an aromatic ring is 1. The lowest BCUT2D eigenvalue weighted by Gasteiger charge is -2.44. The fourth-order valence-electron chi connectivity index (χ4n) is 2.09. The van der Waals surface area contributed by atoms with Crippen molar-refractivity contribution in [2.24, 2.45) is 5.41 Å². The van der Waals surface area contributed by atoms with Gasteiger partial charge in [-0.25, -0.2) is 4.68 Å². The molecule has 2 rings (SSSR count). The van der Waals surface area contributed by atoms with Gasteiger partial charge in [-0.05, 0) is 47.8 Å². The molecule has 2 N–H and O–H groups in total. The maximum Gasteiger partial charge on any atom is 0.135 e. The van der Waals surface area contributed by atoms with E-state index in [-0.39, 0.29) is 0 Å². The smallest absolute Gasteiger partial charge is 0.135 e. The summed E-state index contributed by atoms with van der Waals surface area (Å²) in [6, 6.07) is 0.490. The van der Waals surface area contributed by atoms with Gasteiger partial charge in [-0.2, -0.15) is 5.10 Å². The standard InChI is InChI=1S/C10H16IN3/c1-6-8(11)9(12)14(13-6)7-4-5-10(7,2)3/h7H,4-5,12H2,1-3H3. The molecule has 1 aliphatic rings. The van der Waals surface area contributed by atoms with Gasteiger partial charge in [-0.1, -0.05) is 13.8 Å². The highest BCUT2D eigenvalue weighted by atomic mass is 127. The van der Waals surface area contributed by atoms with E-state index in [2.05, 4.69) is 41.5 Å². The Kier molecular flexibility index (Phi) is 2.28. The molecule has 1 unspecified atom stereocenters. The van der Waals surface area contributed by atoms with Gasteiger partial charge in [0.1, 0.15) is 5.82 Å². The summed E-state index contributed by atoms with van der Waals surface area (Å²) in [6.45, 7) is 6.58. The molecule has 0 radical (unpaired) electrons. The van der Waals surface area contributed by atoms with E-state index in [1.54, 1.807) is 0 Å². The number of aromatic nitrogens is 2. The van der Waals surface area contributed by atoms with Crippen LogP contribution in [0.1, 0.15) is 38.4 Å². The van der Waals surface area contributed by atoms with Gasteiger partial charge in [0.15, 0.2) is 0 Å². The quantitative estimate of drug-likeness (QED) is 0.811. The number of hydrogen-bond acceptors (Lipinski definition) is 2. The summed E-state index contributed by atoms with van der Waals surface area (Å²) in [5, 5.41) is 4.51. The third-order valence-electron chi connectivity index (χ3n) is 3.31. The maximum absolute atomic E-state index is 6.03. The number of rotatable bonds is 1. The molecule has 0 bridgehead atoms. The van der Waals surface area contributed by atoms with Crippen molar-refractivity contribution >= 4 is 28.4 Å². The largest absolute Gasteiger partial charge is 0.383 e. The molecule has 1 aromatic rings. The highest BCUT2D eigenvalue weighted by Crippen LogP contribution is 2.50. The highest BCUT2D eigenvalue weighted by Gasteiger charge is 2.41. The lowest BCUT2D eigenvalue weighted by atomic mass is 9.67. The predicted molar refractivity (Wildman–Crippen MR) is 66.1 cm³/mol.